The Bertz CT molecular complexity index is 492. The SMILES string of the molecule is NS(=O)(=O)c1nc(Br)c(Br)cc1C(F)F. The maximum Gasteiger partial charge on any atom is 0.266 e. The van der Waals surface area contributed by atoms with Gasteiger partial charge < -0.3 is 0 Å². The number of primary sulfonamides is 1. The van der Waals surface area contributed by atoms with E-state index in [1.54, 1.807) is 0 Å². The highest BCUT2D eigenvalue weighted by atomic mass is 79.9. The molecule has 0 amide bonds. The molecule has 0 fully saturated rings. The van der Waals surface area contributed by atoms with Crippen molar-refractivity contribution < 1.29 is 17.2 Å². The number of alkyl halides is 2. The smallest absolute Gasteiger partial charge is 0.226 e. The predicted molar refractivity (Wildman–Crippen MR) is 56.0 cm³/mol. The van der Waals surface area contributed by atoms with Crippen molar-refractivity contribution >= 4 is 41.9 Å². The number of hydrogen-bond acceptors (Lipinski definition) is 3. The van der Waals surface area contributed by atoms with E-state index in [0.717, 1.165) is 6.07 Å². The minimum Gasteiger partial charge on any atom is -0.226 e. The normalized spacial score (nSPS) is 12.1. The van der Waals surface area contributed by atoms with Gasteiger partial charge in [0, 0.05) is 0 Å². The maximum absolute atomic E-state index is 12.5. The van der Waals surface area contributed by atoms with Crippen LogP contribution in [0, 0.1) is 0 Å². The fourth-order valence-electron chi connectivity index (χ4n) is 0.849. The van der Waals surface area contributed by atoms with Crippen molar-refractivity contribution in [1.29, 1.82) is 0 Å². The molecule has 84 valence electrons. The van der Waals surface area contributed by atoms with Crippen molar-refractivity contribution in [2.45, 2.75) is 11.5 Å². The molecule has 0 aliphatic carbocycles. The van der Waals surface area contributed by atoms with E-state index in [-0.39, 0.29) is 9.08 Å². The van der Waals surface area contributed by atoms with Crippen molar-refractivity contribution in [1.82, 2.24) is 4.98 Å². The van der Waals surface area contributed by atoms with Gasteiger partial charge in [0.2, 0.25) is 0 Å². The molecule has 0 radical (unpaired) electrons. The maximum atomic E-state index is 12.5. The van der Waals surface area contributed by atoms with E-state index >= 15 is 0 Å². The second-order valence-electron chi connectivity index (χ2n) is 2.50. The van der Waals surface area contributed by atoms with Crippen LogP contribution < -0.4 is 5.14 Å². The number of hydrogen-bond donors (Lipinski definition) is 1. The summed E-state index contributed by atoms with van der Waals surface area (Å²) in [6, 6.07) is 0.960. The van der Waals surface area contributed by atoms with Gasteiger partial charge in [-0.05, 0) is 37.9 Å². The van der Waals surface area contributed by atoms with E-state index < -0.39 is 27.0 Å². The molecule has 0 aromatic carbocycles. The molecule has 15 heavy (non-hydrogen) atoms. The van der Waals surface area contributed by atoms with Crippen LogP contribution in [-0.4, -0.2) is 13.4 Å². The van der Waals surface area contributed by atoms with E-state index in [2.05, 4.69) is 36.8 Å². The van der Waals surface area contributed by atoms with Crippen LogP contribution in [0.3, 0.4) is 0 Å². The van der Waals surface area contributed by atoms with Crippen molar-refractivity contribution in [3.05, 3.63) is 20.7 Å². The van der Waals surface area contributed by atoms with Gasteiger partial charge in [-0.1, -0.05) is 0 Å². The van der Waals surface area contributed by atoms with E-state index in [4.69, 9.17) is 5.14 Å². The van der Waals surface area contributed by atoms with Crippen LogP contribution in [0.4, 0.5) is 8.78 Å². The fraction of sp³-hybridized carbons (Fsp3) is 0.167. The number of nitrogens with zero attached hydrogens (tertiary/aromatic N) is 1. The summed E-state index contributed by atoms with van der Waals surface area (Å²) in [5.41, 5.74) is -0.729. The first kappa shape index (κ1) is 12.9. The average Bonchev–Trinajstić information content (AvgIpc) is 2.06. The summed E-state index contributed by atoms with van der Waals surface area (Å²) in [6.07, 6.45) is -2.96. The van der Waals surface area contributed by atoms with Gasteiger partial charge in [-0.15, -0.1) is 0 Å². The summed E-state index contributed by atoms with van der Waals surface area (Å²) in [5.74, 6) is 0. The van der Waals surface area contributed by atoms with Crippen molar-refractivity contribution in [3.8, 4) is 0 Å². The Hall–Kier alpha value is -0.120. The Morgan fingerprint density at radius 3 is 2.33 bits per heavy atom. The molecule has 0 unspecified atom stereocenters. The summed E-state index contributed by atoms with van der Waals surface area (Å²) in [5, 5.41) is 3.93. The van der Waals surface area contributed by atoms with Gasteiger partial charge >= 0.3 is 0 Å². The molecule has 9 heteroatoms. The second kappa shape index (κ2) is 4.40. The Labute approximate surface area is 101 Å². The quantitative estimate of drug-likeness (QED) is 0.816. The van der Waals surface area contributed by atoms with Gasteiger partial charge in [-0.25, -0.2) is 27.3 Å². The van der Waals surface area contributed by atoms with E-state index in [1.165, 1.54) is 0 Å². The molecule has 0 aliphatic heterocycles. The molecular weight excluding hydrogens is 362 g/mol. The Kier molecular flexibility index (Phi) is 3.80. The number of nitrogens with two attached hydrogens (primary N) is 1. The van der Waals surface area contributed by atoms with Crippen molar-refractivity contribution in [3.63, 3.8) is 0 Å². The van der Waals surface area contributed by atoms with Crippen LogP contribution in [0.2, 0.25) is 0 Å². The molecule has 0 spiro atoms. The Balaban J connectivity index is 3.56. The first-order valence-corrected chi connectivity index (χ1v) is 6.53. The number of halogens is 4. The number of rotatable bonds is 2. The molecular formula is C6H4Br2F2N2O2S. The zero-order valence-electron chi connectivity index (χ0n) is 6.92. The molecule has 1 rings (SSSR count). The van der Waals surface area contributed by atoms with Gasteiger partial charge in [0.1, 0.15) is 4.60 Å². The summed E-state index contributed by atoms with van der Waals surface area (Å²) < 4.78 is 47.2. The van der Waals surface area contributed by atoms with Gasteiger partial charge in [0.05, 0.1) is 10.0 Å². The lowest BCUT2D eigenvalue weighted by molar-refractivity contribution is 0.147. The molecule has 1 aromatic heterocycles. The Morgan fingerprint density at radius 2 is 1.93 bits per heavy atom. The summed E-state index contributed by atoms with van der Waals surface area (Å²) in [7, 11) is -4.26. The van der Waals surface area contributed by atoms with Gasteiger partial charge in [-0.2, -0.15) is 0 Å². The Morgan fingerprint density at radius 1 is 1.40 bits per heavy atom. The number of sulfonamides is 1. The molecule has 0 aliphatic rings. The summed E-state index contributed by atoms with van der Waals surface area (Å²) >= 11 is 5.84. The second-order valence-corrected chi connectivity index (χ2v) is 5.58. The average molecular weight is 366 g/mol. The van der Waals surface area contributed by atoms with E-state index in [9.17, 15) is 17.2 Å². The first-order chi connectivity index (χ1) is 6.73. The lowest BCUT2D eigenvalue weighted by atomic mass is 10.3. The van der Waals surface area contributed by atoms with Crippen LogP contribution in [0.15, 0.2) is 20.2 Å². The number of aromatic nitrogens is 1. The summed E-state index contributed by atoms with van der Waals surface area (Å²) in [4.78, 5) is 3.44. The third kappa shape index (κ3) is 2.92. The minimum absolute atomic E-state index is 0.0934. The molecule has 4 nitrogen and oxygen atoms in total. The molecule has 1 heterocycles. The standard InChI is InChI=1S/C6H4Br2F2N2O2S/c7-3-1-2(5(9)10)6(12-4(3)8)15(11,13)14/h1,5H,(H2,11,13,14). The third-order valence-electron chi connectivity index (χ3n) is 1.43. The first-order valence-electron chi connectivity index (χ1n) is 3.40. The van der Waals surface area contributed by atoms with Crippen LogP contribution in [-0.2, 0) is 10.0 Å². The predicted octanol–water partition coefficient (Wildman–Crippen LogP) is 2.19. The highest BCUT2D eigenvalue weighted by Crippen LogP contribution is 2.31. The zero-order valence-corrected chi connectivity index (χ0v) is 10.9. The van der Waals surface area contributed by atoms with Crippen LogP contribution in [0.1, 0.15) is 12.0 Å². The van der Waals surface area contributed by atoms with Gasteiger partial charge in [0.25, 0.3) is 16.4 Å². The fourth-order valence-corrected chi connectivity index (χ4v) is 2.29. The van der Waals surface area contributed by atoms with Gasteiger partial charge in [-0.3, -0.25) is 0 Å². The third-order valence-corrected chi connectivity index (χ3v) is 4.04. The zero-order chi connectivity index (χ0) is 11.8. The topological polar surface area (TPSA) is 73.1 Å². The summed E-state index contributed by atoms with van der Waals surface area (Å²) in [6.45, 7) is 0. The van der Waals surface area contributed by atoms with Crippen LogP contribution >= 0.6 is 31.9 Å². The lowest BCUT2D eigenvalue weighted by Gasteiger charge is -2.07. The molecule has 0 saturated heterocycles. The molecule has 0 bridgehead atoms. The number of pyridine rings is 1. The van der Waals surface area contributed by atoms with Gasteiger partial charge in [0.15, 0.2) is 5.03 Å². The van der Waals surface area contributed by atoms with Crippen LogP contribution in [0.5, 0.6) is 0 Å². The van der Waals surface area contributed by atoms with Crippen molar-refractivity contribution in [2.75, 3.05) is 0 Å². The monoisotopic (exact) mass is 364 g/mol. The highest BCUT2D eigenvalue weighted by molar-refractivity contribution is 9.13. The molecule has 1 aromatic rings. The van der Waals surface area contributed by atoms with E-state index in [1.807, 2.05) is 0 Å². The largest absolute Gasteiger partial charge is 0.266 e. The molecule has 0 atom stereocenters. The van der Waals surface area contributed by atoms with Crippen LogP contribution in [0.25, 0.3) is 0 Å². The molecule has 2 N–H and O–H groups in total. The molecule has 0 saturated carbocycles. The highest BCUT2D eigenvalue weighted by Gasteiger charge is 2.24. The lowest BCUT2D eigenvalue weighted by Crippen LogP contribution is -2.17. The van der Waals surface area contributed by atoms with Crippen molar-refractivity contribution in [2.24, 2.45) is 5.14 Å². The van der Waals surface area contributed by atoms with E-state index in [0.29, 0.717) is 0 Å². The minimum atomic E-state index is -4.26.